The zero-order valence-electron chi connectivity index (χ0n) is 9.55. The first-order valence-electron chi connectivity index (χ1n) is 5.15. The van der Waals surface area contributed by atoms with Gasteiger partial charge in [0.2, 0.25) is 0 Å². The van der Waals surface area contributed by atoms with Crippen molar-refractivity contribution in [2.45, 2.75) is 0 Å². The highest BCUT2D eigenvalue weighted by molar-refractivity contribution is 6.31. The van der Waals surface area contributed by atoms with Gasteiger partial charge in [0.1, 0.15) is 11.4 Å². The third-order valence-electron chi connectivity index (χ3n) is 2.46. The normalized spacial score (nSPS) is 10.1. The van der Waals surface area contributed by atoms with E-state index in [9.17, 15) is 4.79 Å². The Morgan fingerprint density at radius 3 is 2.67 bits per heavy atom. The Labute approximate surface area is 109 Å². The van der Waals surface area contributed by atoms with E-state index in [-0.39, 0.29) is 5.69 Å². The summed E-state index contributed by atoms with van der Waals surface area (Å²) in [5, 5.41) is 9.36. The number of pyridine rings is 1. The molecule has 2 rings (SSSR count). The number of aromatic nitrogens is 1. The molecule has 0 aliphatic rings. The van der Waals surface area contributed by atoms with E-state index in [2.05, 4.69) is 4.98 Å². The Kier molecular flexibility index (Phi) is 3.48. The topological polar surface area (TPSA) is 59.4 Å². The van der Waals surface area contributed by atoms with Gasteiger partial charge in [0.15, 0.2) is 0 Å². The molecule has 0 saturated carbocycles. The van der Waals surface area contributed by atoms with Gasteiger partial charge in [-0.1, -0.05) is 17.7 Å². The quantitative estimate of drug-likeness (QED) is 0.924. The summed E-state index contributed by atoms with van der Waals surface area (Å²) in [5.41, 5.74) is 1.52. The smallest absolute Gasteiger partial charge is 0.354 e. The number of aromatic carboxylic acids is 1. The first kappa shape index (κ1) is 12.4. The van der Waals surface area contributed by atoms with E-state index in [1.165, 1.54) is 12.3 Å². The lowest BCUT2D eigenvalue weighted by Gasteiger charge is -2.08. The van der Waals surface area contributed by atoms with Crippen LogP contribution in [0.2, 0.25) is 5.02 Å². The van der Waals surface area contributed by atoms with Gasteiger partial charge in [-0.3, -0.25) is 0 Å². The maximum atomic E-state index is 10.7. The molecule has 0 fully saturated rings. The number of rotatable bonds is 3. The molecule has 1 N–H and O–H groups in total. The molecule has 0 saturated heterocycles. The van der Waals surface area contributed by atoms with Crippen LogP contribution in [-0.2, 0) is 0 Å². The monoisotopic (exact) mass is 263 g/mol. The summed E-state index contributed by atoms with van der Waals surface area (Å²) >= 11 is 5.94. The molecule has 2 aromatic rings. The van der Waals surface area contributed by atoms with E-state index in [1.54, 1.807) is 31.4 Å². The van der Waals surface area contributed by atoms with Crippen molar-refractivity contribution in [1.82, 2.24) is 4.98 Å². The minimum Gasteiger partial charge on any atom is -0.496 e. The van der Waals surface area contributed by atoms with Crippen LogP contribution in [0.3, 0.4) is 0 Å². The lowest BCUT2D eigenvalue weighted by molar-refractivity contribution is 0.0690. The van der Waals surface area contributed by atoms with Crippen LogP contribution in [0.25, 0.3) is 11.1 Å². The van der Waals surface area contributed by atoms with Crippen LogP contribution in [0.5, 0.6) is 5.75 Å². The molecule has 0 radical (unpaired) electrons. The number of ether oxygens (including phenoxy) is 1. The molecule has 1 heterocycles. The van der Waals surface area contributed by atoms with Crippen molar-refractivity contribution < 1.29 is 14.6 Å². The number of carbonyl (C=O) groups is 1. The molecule has 18 heavy (non-hydrogen) atoms. The molecule has 1 aromatic heterocycles. The van der Waals surface area contributed by atoms with Crippen molar-refractivity contribution in [1.29, 1.82) is 0 Å². The second-order valence-corrected chi connectivity index (χ2v) is 4.02. The molecular weight excluding hydrogens is 254 g/mol. The first-order valence-corrected chi connectivity index (χ1v) is 5.53. The van der Waals surface area contributed by atoms with Crippen LogP contribution in [0.1, 0.15) is 10.5 Å². The van der Waals surface area contributed by atoms with Gasteiger partial charge in [-0.15, -0.1) is 0 Å². The molecule has 0 aliphatic heterocycles. The molecule has 0 amide bonds. The van der Waals surface area contributed by atoms with E-state index in [4.69, 9.17) is 21.4 Å². The number of nitrogens with zero attached hydrogens (tertiary/aromatic N) is 1. The average Bonchev–Trinajstić information content (AvgIpc) is 2.39. The maximum Gasteiger partial charge on any atom is 0.354 e. The Morgan fingerprint density at radius 1 is 1.33 bits per heavy atom. The lowest BCUT2D eigenvalue weighted by atomic mass is 10.1. The number of hydrogen-bond acceptors (Lipinski definition) is 3. The maximum absolute atomic E-state index is 10.7. The zero-order valence-corrected chi connectivity index (χ0v) is 10.3. The van der Waals surface area contributed by atoms with Crippen molar-refractivity contribution in [3.63, 3.8) is 0 Å². The fourth-order valence-corrected chi connectivity index (χ4v) is 1.76. The van der Waals surface area contributed by atoms with Gasteiger partial charge in [0.05, 0.1) is 7.11 Å². The molecule has 0 unspecified atom stereocenters. The van der Waals surface area contributed by atoms with Crippen LogP contribution in [0.4, 0.5) is 0 Å². The number of carboxylic acids is 1. The SMILES string of the molecule is COc1ccc(Cl)cc1-c1ccc(C(=O)O)nc1. The van der Waals surface area contributed by atoms with Gasteiger partial charge in [-0.2, -0.15) is 0 Å². The summed E-state index contributed by atoms with van der Waals surface area (Å²) in [6.07, 6.45) is 1.48. The van der Waals surface area contributed by atoms with Crippen molar-refractivity contribution in [2.24, 2.45) is 0 Å². The summed E-state index contributed by atoms with van der Waals surface area (Å²) in [7, 11) is 1.56. The number of halogens is 1. The van der Waals surface area contributed by atoms with Crippen LogP contribution < -0.4 is 4.74 Å². The minimum atomic E-state index is -1.06. The minimum absolute atomic E-state index is 0.000236. The second-order valence-electron chi connectivity index (χ2n) is 3.58. The number of methoxy groups -OCH3 is 1. The summed E-state index contributed by atoms with van der Waals surface area (Å²) in [5.74, 6) is -0.399. The highest BCUT2D eigenvalue weighted by atomic mass is 35.5. The van der Waals surface area contributed by atoms with Gasteiger partial charge in [-0.05, 0) is 24.3 Å². The van der Waals surface area contributed by atoms with Gasteiger partial charge in [0, 0.05) is 22.3 Å². The van der Waals surface area contributed by atoms with E-state index in [0.717, 1.165) is 11.1 Å². The summed E-state index contributed by atoms with van der Waals surface area (Å²) in [6.45, 7) is 0. The molecule has 0 bridgehead atoms. The van der Waals surface area contributed by atoms with Gasteiger partial charge < -0.3 is 9.84 Å². The van der Waals surface area contributed by atoms with Gasteiger partial charge >= 0.3 is 5.97 Å². The fourth-order valence-electron chi connectivity index (χ4n) is 1.59. The predicted octanol–water partition coefficient (Wildman–Crippen LogP) is 3.11. The van der Waals surface area contributed by atoms with Crippen LogP contribution in [0, 0.1) is 0 Å². The van der Waals surface area contributed by atoms with Gasteiger partial charge in [-0.25, -0.2) is 9.78 Å². The molecule has 5 heteroatoms. The van der Waals surface area contributed by atoms with Gasteiger partial charge in [0.25, 0.3) is 0 Å². The Bertz CT molecular complexity index is 581. The fraction of sp³-hybridized carbons (Fsp3) is 0.0769. The van der Waals surface area contributed by atoms with Crippen molar-refractivity contribution in [3.05, 3.63) is 47.2 Å². The van der Waals surface area contributed by atoms with E-state index >= 15 is 0 Å². The predicted molar refractivity (Wildman–Crippen MR) is 68.2 cm³/mol. The highest BCUT2D eigenvalue weighted by Gasteiger charge is 2.09. The lowest BCUT2D eigenvalue weighted by Crippen LogP contribution is -1.99. The number of hydrogen-bond donors (Lipinski definition) is 1. The third-order valence-corrected chi connectivity index (χ3v) is 2.69. The van der Waals surface area contributed by atoms with Crippen LogP contribution in [0.15, 0.2) is 36.5 Å². The van der Waals surface area contributed by atoms with E-state index in [1.807, 2.05) is 0 Å². The Balaban J connectivity index is 2.48. The summed E-state index contributed by atoms with van der Waals surface area (Å²) < 4.78 is 5.23. The highest BCUT2D eigenvalue weighted by Crippen LogP contribution is 2.31. The standard InChI is InChI=1S/C13H10ClNO3/c1-18-12-5-3-9(14)6-10(12)8-2-4-11(13(16)17)15-7-8/h2-7H,1H3,(H,16,17). The molecule has 1 aromatic carbocycles. The third kappa shape index (κ3) is 2.43. The molecule has 0 atom stereocenters. The van der Waals surface area contributed by atoms with Crippen LogP contribution in [-0.4, -0.2) is 23.2 Å². The Hall–Kier alpha value is -2.07. The second kappa shape index (κ2) is 5.06. The largest absolute Gasteiger partial charge is 0.496 e. The number of benzene rings is 1. The number of carboxylic acid groups (broad SMARTS) is 1. The zero-order chi connectivity index (χ0) is 13.1. The molecule has 92 valence electrons. The Morgan fingerprint density at radius 2 is 2.11 bits per heavy atom. The van der Waals surface area contributed by atoms with Crippen molar-refractivity contribution >= 4 is 17.6 Å². The van der Waals surface area contributed by atoms with Crippen LogP contribution >= 0.6 is 11.6 Å². The molecule has 0 spiro atoms. The van der Waals surface area contributed by atoms with Crippen molar-refractivity contribution in [3.8, 4) is 16.9 Å². The average molecular weight is 264 g/mol. The molecule has 0 aliphatic carbocycles. The summed E-state index contributed by atoms with van der Waals surface area (Å²) in [4.78, 5) is 14.6. The van der Waals surface area contributed by atoms with E-state index < -0.39 is 5.97 Å². The first-order chi connectivity index (χ1) is 8.61. The van der Waals surface area contributed by atoms with Crippen molar-refractivity contribution in [2.75, 3.05) is 7.11 Å². The molecular formula is C13H10ClNO3. The molecule has 4 nitrogen and oxygen atoms in total. The van der Waals surface area contributed by atoms with E-state index in [0.29, 0.717) is 10.8 Å². The summed E-state index contributed by atoms with van der Waals surface area (Å²) in [6, 6.07) is 8.34.